The lowest BCUT2D eigenvalue weighted by atomic mass is 9.96. The molecule has 2 heterocycles. The molecule has 2 aliphatic rings. The van der Waals surface area contributed by atoms with Gasteiger partial charge in [-0.05, 0) is 60.4 Å². The van der Waals surface area contributed by atoms with Gasteiger partial charge in [-0.1, -0.05) is 35.9 Å². The number of hydrogen-bond donors (Lipinski definition) is 0. The second kappa shape index (κ2) is 7.82. The quantitative estimate of drug-likeness (QED) is 0.605. The van der Waals surface area contributed by atoms with E-state index in [0.29, 0.717) is 25.3 Å². The van der Waals surface area contributed by atoms with Crippen molar-refractivity contribution in [1.29, 1.82) is 0 Å². The van der Waals surface area contributed by atoms with E-state index in [-0.39, 0.29) is 11.9 Å². The van der Waals surface area contributed by atoms with Crippen LogP contribution in [0.4, 0.5) is 5.69 Å². The third-order valence-electron chi connectivity index (χ3n) is 6.57. The molecule has 5 nitrogen and oxygen atoms in total. The van der Waals surface area contributed by atoms with Crippen molar-refractivity contribution in [1.82, 2.24) is 4.90 Å². The van der Waals surface area contributed by atoms with Gasteiger partial charge in [0.05, 0.1) is 12.1 Å². The molecule has 0 aliphatic carbocycles. The highest BCUT2D eigenvalue weighted by molar-refractivity contribution is 5.98. The summed E-state index contributed by atoms with van der Waals surface area (Å²) in [5, 5.41) is 2.36. The van der Waals surface area contributed by atoms with Crippen molar-refractivity contribution in [2.24, 2.45) is 0 Å². The molecule has 3 aromatic rings. The summed E-state index contributed by atoms with van der Waals surface area (Å²) in [5.74, 6) is -0.0856. The lowest BCUT2D eigenvalue weighted by molar-refractivity contribution is -0.121. The third-order valence-corrected chi connectivity index (χ3v) is 6.57. The number of benzene rings is 3. The molecule has 0 saturated carbocycles. The number of piperazine rings is 1. The number of hydrogen-bond acceptors (Lipinski definition) is 4. The Labute approximate surface area is 182 Å². The topological polar surface area (TPSA) is 49.9 Å². The van der Waals surface area contributed by atoms with Gasteiger partial charge in [0.25, 0.3) is 0 Å². The van der Waals surface area contributed by atoms with Crippen molar-refractivity contribution in [2.75, 3.05) is 31.1 Å². The molecule has 0 atom stereocenters. The van der Waals surface area contributed by atoms with Gasteiger partial charge in [-0.2, -0.15) is 0 Å². The number of carbonyl (C=O) groups is 2. The van der Waals surface area contributed by atoms with E-state index >= 15 is 0 Å². The lowest BCUT2D eigenvalue weighted by Gasteiger charge is -2.34. The van der Waals surface area contributed by atoms with Gasteiger partial charge in [0, 0.05) is 30.9 Å². The first-order valence-electron chi connectivity index (χ1n) is 10.8. The van der Waals surface area contributed by atoms with Gasteiger partial charge in [0.2, 0.25) is 5.91 Å². The Morgan fingerprint density at radius 1 is 0.935 bits per heavy atom. The van der Waals surface area contributed by atoms with Gasteiger partial charge < -0.3 is 9.64 Å². The predicted molar refractivity (Wildman–Crippen MR) is 121 cm³/mol. The Kier molecular flexibility index (Phi) is 4.98. The molecule has 5 rings (SSSR count). The summed E-state index contributed by atoms with van der Waals surface area (Å²) in [4.78, 5) is 28.7. The average Bonchev–Trinajstić information content (AvgIpc) is 3.14. The van der Waals surface area contributed by atoms with Crippen LogP contribution in [0.25, 0.3) is 10.8 Å². The molecular weight excluding hydrogens is 388 g/mol. The molecule has 0 radical (unpaired) electrons. The summed E-state index contributed by atoms with van der Waals surface area (Å²) in [7, 11) is 0. The summed E-state index contributed by atoms with van der Waals surface area (Å²) >= 11 is 0. The van der Waals surface area contributed by atoms with Crippen molar-refractivity contribution >= 4 is 28.3 Å². The molecule has 3 aromatic carbocycles. The number of carbonyl (C=O) groups excluding carboxylic acids is 2. The smallest absolute Gasteiger partial charge is 0.338 e. The van der Waals surface area contributed by atoms with Gasteiger partial charge in [-0.15, -0.1) is 0 Å². The number of ether oxygens (including phenoxy) is 1. The summed E-state index contributed by atoms with van der Waals surface area (Å²) in [6.07, 6.45) is 0.857. The van der Waals surface area contributed by atoms with Crippen LogP contribution in [0.3, 0.4) is 0 Å². The summed E-state index contributed by atoms with van der Waals surface area (Å²) in [5.41, 5.74) is 6.27. The number of cyclic esters (lactones) is 1. The minimum absolute atomic E-state index is 0.141. The number of esters is 1. The lowest BCUT2D eigenvalue weighted by Crippen LogP contribution is -2.50. The number of nitrogens with zero attached hydrogens (tertiary/aromatic N) is 2. The van der Waals surface area contributed by atoms with E-state index < -0.39 is 0 Å². The maximum Gasteiger partial charge on any atom is 0.338 e. The van der Waals surface area contributed by atoms with Gasteiger partial charge in [-0.3, -0.25) is 9.69 Å². The number of rotatable bonds is 4. The molecule has 0 unspecified atom stereocenters. The van der Waals surface area contributed by atoms with E-state index in [1.807, 2.05) is 23.1 Å². The largest absolute Gasteiger partial charge is 0.457 e. The van der Waals surface area contributed by atoms with Crippen LogP contribution in [0.15, 0.2) is 48.5 Å². The van der Waals surface area contributed by atoms with E-state index in [1.54, 1.807) is 0 Å². The molecule has 158 valence electrons. The monoisotopic (exact) mass is 414 g/mol. The normalized spacial score (nSPS) is 16.6. The van der Waals surface area contributed by atoms with E-state index in [9.17, 15) is 9.59 Å². The second-order valence-corrected chi connectivity index (χ2v) is 8.56. The highest BCUT2D eigenvalue weighted by atomic mass is 16.5. The summed E-state index contributed by atoms with van der Waals surface area (Å²) in [6, 6.07) is 16.5. The molecule has 5 heteroatoms. The van der Waals surface area contributed by atoms with Crippen molar-refractivity contribution < 1.29 is 14.3 Å². The van der Waals surface area contributed by atoms with Crippen LogP contribution in [-0.4, -0.2) is 43.0 Å². The maximum atomic E-state index is 12.9. The zero-order chi connectivity index (χ0) is 21.5. The number of anilines is 1. The highest BCUT2D eigenvalue weighted by Crippen LogP contribution is 2.27. The SMILES string of the molecule is Cc1ccc2cc(N3CCN(CCc4ccc5c(c4C)COC5=O)CC3=O)ccc2c1. The first kappa shape index (κ1) is 19.8. The van der Waals surface area contributed by atoms with Crippen LogP contribution >= 0.6 is 0 Å². The van der Waals surface area contributed by atoms with Crippen LogP contribution in [0.1, 0.15) is 32.6 Å². The Morgan fingerprint density at radius 3 is 2.58 bits per heavy atom. The predicted octanol–water partition coefficient (Wildman–Crippen LogP) is 4.02. The third kappa shape index (κ3) is 3.70. The Balaban J connectivity index is 1.24. The highest BCUT2D eigenvalue weighted by Gasteiger charge is 2.26. The zero-order valence-corrected chi connectivity index (χ0v) is 18.0. The minimum atomic E-state index is -0.227. The fourth-order valence-electron chi connectivity index (χ4n) is 4.65. The molecule has 1 fully saturated rings. The number of fused-ring (bicyclic) bond motifs is 2. The second-order valence-electron chi connectivity index (χ2n) is 8.56. The molecule has 0 bridgehead atoms. The van der Waals surface area contributed by atoms with Crippen molar-refractivity contribution in [3.8, 4) is 0 Å². The van der Waals surface area contributed by atoms with Gasteiger partial charge >= 0.3 is 5.97 Å². The van der Waals surface area contributed by atoms with Crippen LogP contribution in [0.2, 0.25) is 0 Å². The number of amides is 1. The van der Waals surface area contributed by atoms with Crippen LogP contribution in [-0.2, 0) is 22.6 Å². The van der Waals surface area contributed by atoms with Crippen molar-refractivity contribution in [3.05, 3.63) is 76.3 Å². The zero-order valence-electron chi connectivity index (χ0n) is 18.0. The van der Waals surface area contributed by atoms with Crippen LogP contribution < -0.4 is 4.90 Å². The molecular formula is C26H26N2O3. The van der Waals surface area contributed by atoms with E-state index in [0.717, 1.165) is 41.7 Å². The molecule has 31 heavy (non-hydrogen) atoms. The maximum absolute atomic E-state index is 12.9. The molecule has 1 amide bonds. The molecule has 2 aliphatic heterocycles. The van der Waals surface area contributed by atoms with Crippen molar-refractivity contribution in [3.63, 3.8) is 0 Å². The summed E-state index contributed by atoms with van der Waals surface area (Å²) in [6.45, 7) is 7.32. The average molecular weight is 415 g/mol. The van der Waals surface area contributed by atoms with E-state index in [2.05, 4.69) is 49.1 Å². The fraction of sp³-hybridized carbons (Fsp3) is 0.308. The van der Waals surface area contributed by atoms with E-state index in [1.165, 1.54) is 16.5 Å². The standard InChI is InChI=1S/C26H26N2O3/c1-17-3-4-21-14-22(7-5-20(21)13-17)28-12-11-27(15-25(28)29)10-9-19-6-8-23-24(18(19)2)16-31-26(23)30/h3-8,13-14H,9-12,15-16H2,1-2H3. The molecule has 0 spiro atoms. The molecule has 0 N–H and O–H groups in total. The summed E-state index contributed by atoms with van der Waals surface area (Å²) < 4.78 is 5.15. The Morgan fingerprint density at radius 2 is 1.74 bits per heavy atom. The minimum Gasteiger partial charge on any atom is -0.457 e. The van der Waals surface area contributed by atoms with Gasteiger partial charge in [0.1, 0.15) is 6.61 Å². The van der Waals surface area contributed by atoms with Crippen molar-refractivity contribution in [2.45, 2.75) is 26.9 Å². The van der Waals surface area contributed by atoms with Gasteiger partial charge in [-0.25, -0.2) is 4.79 Å². The Bertz CT molecular complexity index is 1200. The Hall–Kier alpha value is -3.18. The fourth-order valence-corrected chi connectivity index (χ4v) is 4.65. The molecule has 1 saturated heterocycles. The van der Waals surface area contributed by atoms with Crippen LogP contribution in [0, 0.1) is 13.8 Å². The van der Waals surface area contributed by atoms with Gasteiger partial charge in [0.15, 0.2) is 0 Å². The number of aryl methyl sites for hydroxylation is 1. The first-order valence-corrected chi connectivity index (χ1v) is 10.8. The first-order chi connectivity index (χ1) is 15.0. The van der Waals surface area contributed by atoms with Crippen LogP contribution in [0.5, 0.6) is 0 Å². The van der Waals surface area contributed by atoms with E-state index in [4.69, 9.17) is 4.74 Å². The molecule has 0 aromatic heterocycles.